The zero-order valence-electron chi connectivity index (χ0n) is 17.5. The molecule has 31 heavy (non-hydrogen) atoms. The van der Waals surface area contributed by atoms with Crippen LogP contribution in [0.15, 0.2) is 48.5 Å². The molecule has 0 aromatic heterocycles. The summed E-state index contributed by atoms with van der Waals surface area (Å²) in [7, 11) is 0. The van der Waals surface area contributed by atoms with E-state index in [4.69, 9.17) is 21.1 Å². The molecule has 0 saturated carbocycles. The molecule has 6 nitrogen and oxygen atoms in total. The fourth-order valence-electron chi connectivity index (χ4n) is 3.35. The number of hydrogen-bond donors (Lipinski definition) is 0. The SMILES string of the molecule is CCCCCOc1ccc(N2C[C@H](C(=O)OCC(=O)c3ccc(Cl)cc3)CC2=O)cc1. The van der Waals surface area contributed by atoms with Gasteiger partial charge in [0.15, 0.2) is 12.4 Å². The van der Waals surface area contributed by atoms with Crippen molar-refractivity contribution in [3.8, 4) is 5.75 Å². The molecule has 0 spiro atoms. The molecule has 0 bridgehead atoms. The van der Waals surface area contributed by atoms with Crippen molar-refractivity contribution >= 4 is 34.9 Å². The standard InChI is InChI=1S/C24H26ClNO5/c1-2-3-4-13-30-21-11-9-20(10-12-21)26-15-18(14-23(26)28)24(29)31-16-22(27)17-5-7-19(25)8-6-17/h5-12,18H,2-4,13-16H2,1H3/t18-/m1/s1. The molecule has 0 radical (unpaired) electrons. The van der Waals surface area contributed by atoms with Gasteiger partial charge >= 0.3 is 5.97 Å². The van der Waals surface area contributed by atoms with E-state index < -0.39 is 11.9 Å². The van der Waals surface area contributed by atoms with Crippen LogP contribution in [0.3, 0.4) is 0 Å². The monoisotopic (exact) mass is 443 g/mol. The number of carbonyl (C=O) groups excluding carboxylic acids is 3. The topological polar surface area (TPSA) is 72.9 Å². The summed E-state index contributed by atoms with van der Waals surface area (Å²) in [5.74, 6) is -0.865. The number of hydrogen-bond acceptors (Lipinski definition) is 5. The van der Waals surface area contributed by atoms with E-state index in [9.17, 15) is 14.4 Å². The van der Waals surface area contributed by atoms with Gasteiger partial charge in [-0.3, -0.25) is 14.4 Å². The molecule has 2 aromatic carbocycles. The second-order valence-corrected chi connectivity index (χ2v) is 7.93. The summed E-state index contributed by atoms with van der Waals surface area (Å²) in [5, 5.41) is 0.522. The fourth-order valence-corrected chi connectivity index (χ4v) is 3.48. The first-order chi connectivity index (χ1) is 15.0. The summed E-state index contributed by atoms with van der Waals surface area (Å²) < 4.78 is 10.9. The number of unbranched alkanes of at least 4 members (excludes halogenated alkanes) is 2. The molecule has 1 atom stereocenters. The first-order valence-electron chi connectivity index (χ1n) is 10.5. The van der Waals surface area contributed by atoms with Gasteiger partial charge in [0, 0.05) is 29.2 Å². The zero-order valence-corrected chi connectivity index (χ0v) is 18.3. The summed E-state index contributed by atoms with van der Waals surface area (Å²) in [6, 6.07) is 13.6. The van der Waals surface area contributed by atoms with Gasteiger partial charge in [-0.15, -0.1) is 0 Å². The maximum Gasteiger partial charge on any atom is 0.311 e. The summed E-state index contributed by atoms with van der Waals surface area (Å²) >= 11 is 5.81. The van der Waals surface area contributed by atoms with Crippen molar-refractivity contribution < 1.29 is 23.9 Å². The highest BCUT2D eigenvalue weighted by Crippen LogP contribution is 2.27. The van der Waals surface area contributed by atoms with E-state index in [0.717, 1.165) is 25.0 Å². The van der Waals surface area contributed by atoms with Crippen LogP contribution < -0.4 is 9.64 Å². The smallest absolute Gasteiger partial charge is 0.311 e. The first kappa shape index (κ1) is 22.8. The van der Waals surface area contributed by atoms with Crippen molar-refractivity contribution in [2.45, 2.75) is 32.6 Å². The minimum atomic E-state index is -0.601. The molecule has 0 N–H and O–H groups in total. The Balaban J connectivity index is 1.50. The van der Waals surface area contributed by atoms with Crippen LogP contribution >= 0.6 is 11.6 Å². The summed E-state index contributed by atoms with van der Waals surface area (Å²) in [4.78, 5) is 38.5. The van der Waals surface area contributed by atoms with Gasteiger partial charge in [0.2, 0.25) is 5.91 Å². The molecule has 1 aliphatic rings. The molecule has 0 aliphatic carbocycles. The molecule has 164 valence electrons. The Hall–Kier alpha value is -2.86. The second kappa shape index (κ2) is 11.0. The largest absolute Gasteiger partial charge is 0.494 e. The van der Waals surface area contributed by atoms with E-state index in [1.54, 1.807) is 29.2 Å². The Morgan fingerprint density at radius 2 is 1.77 bits per heavy atom. The Morgan fingerprint density at radius 3 is 2.45 bits per heavy atom. The number of benzene rings is 2. The number of nitrogens with zero attached hydrogens (tertiary/aromatic N) is 1. The van der Waals surface area contributed by atoms with Crippen LogP contribution in [0.1, 0.15) is 43.0 Å². The van der Waals surface area contributed by atoms with Gasteiger partial charge in [-0.2, -0.15) is 0 Å². The number of amides is 1. The van der Waals surface area contributed by atoms with Crippen LogP contribution in [0.5, 0.6) is 5.75 Å². The van der Waals surface area contributed by atoms with E-state index in [-0.39, 0.29) is 31.3 Å². The van der Waals surface area contributed by atoms with Gasteiger partial charge in [0.1, 0.15) is 5.75 Å². The van der Waals surface area contributed by atoms with Gasteiger partial charge in [0.25, 0.3) is 0 Å². The molecule has 1 saturated heterocycles. The average Bonchev–Trinajstić information content (AvgIpc) is 3.17. The fraction of sp³-hybridized carbons (Fsp3) is 0.375. The van der Waals surface area contributed by atoms with E-state index in [1.165, 1.54) is 0 Å². The molecule has 7 heteroatoms. The maximum atomic E-state index is 12.4. The van der Waals surface area contributed by atoms with Gasteiger partial charge in [-0.1, -0.05) is 31.4 Å². The molecular weight excluding hydrogens is 418 g/mol. The first-order valence-corrected chi connectivity index (χ1v) is 10.8. The Labute approximate surface area is 187 Å². The van der Waals surface area contributed by atoms with Crippen LogP contribution in [0, 0.1) is 5.92 Å². The van der Waals surface area contributed by atoms with Gasteiger partial charge in [0.05, 0.1) is 12.5 Å². The predicted molar refractivity (Wildman–Crippen MR) is 119 cm³/mol. The van der Waals surface area contributed by atoms with Crippen LogP contribution in [0.2, 0.25) is 5.02 Å². The predicted octanol–water partition coefficient (Wildman–Crippen LogP) is 4.69. The second-order valence-electron chi connectivity index (χ2n) is 7.49. The van der Waals surface area contributed by atoms with Gasteiger partial charge in [-0.05, 0) is 55.0 Å². The third kappa shape index (κ3) is 6.31. The Bertz CT molecular complexity index is 911. The van der Waals surface area contributed by atoms with Crippen molar-refractivity contribution in [3.05, 3.63) is 59.1 Å². The Morgan fingerprint density at radius 1 is 1.06 bits per heavy atom. The van der Waals surface area contributed by atoms with E-state index >= 15 is 0 Å². The Kier molecular flexibility index (Phi) is 8.06. The highest BCUT2D eigenvalue weighted by Gasteiger charge is 2.36. The summed E-state index contributed by atoms with van der Waals surface area (Å²) in [5.41, 5.74) is 1.12. The van der Waals surface area contributed by atoms with Crippen LogP contribution in [-0.2, 0) is 14.3 Å². The highest BCUT2D eigenvalue weighted by atomic mass is 35.5. The van der Waals surface area contributed by atoms with Gasteiger partial charge in [-0.25, -0.2) is 0 Å². The lowest BCUT2D eigenvalue weighted by Crippen LogP contribution is -2.27. The number of ketones is 1. The molecule has 1 amide bonds. The molecule has 1 fully saturated rings. The van der Waals surface area contributed by atoms with Crippen molar-refractivity contribution in [1.82, 2.24) is 0 Å². The summed E-state index contributed by atoms with van der Waals surface area (Å²) in [6.45, 7) is 2.67. The van der Waals surface area contributed by atoms with E-state index in [2.05, 4.69) is 6.92 Å². The third-order valence-electron chi connectivity index (χ3n) is 5.14. The lowest BCUT2D eigenvalue weighted by molar-refractivity contribution is -0.147. The zero-order chi connectivity index (χ0) is 22.2. The number of carbonyl (C=O) groups is 3. The number of ether oxygens (including phenoxy) is 2. The van der Waals surface area contributed by atoms with Crippen LogP contribution in [-0.4, -0.2) is 37.4 Å². The number of Topliss-reactive ketones (excluding diaryl/α,β-unsaturated/α-hetero) is 1. The quantitative estimate of drug-likeness (QED) is 0.302. The van der Waals surface area contributed by atoms with Crippen LogP contribution in [0.4, 0.5) is 5.69 Å². The molecule has 0 unspecified atom stereocenters. The lowest BCUT2D eigenvalue weighted by atomic mass is 10.1. The van der Waals surface area contributed by atoms with Gasteiger partial charge < -0.3 is 14.4 Å². The number of esters is 1. The molecular formula is C24H26ClNO5. The normalized spacial score (nSPS) is 15.7. The minimum Gasteiger partial charge on any atom is -0.494 e. The maximum absolute atomic E-state index is 12.4. The summed E-state index contributed by atoms with van der Waals surface area (Å²) in [6.07, 6.45) is 3.33. The number of rotatable bonds is 10. The minimum absolute atomic E-state index is 0.0588. The highest BCUT2D eigenvalue weighted by molar-refractivity contribution is 6.30. The molecule has 1 heterocycles. The van der Waals surface area contributed by atoms with Crippen molar-refractivity contribution in [1.29, 1.82) is 0 Å². The average molecular weight is 444 g/mol. The van der Waals surface area contributed by atoms with Crippen molar-refractivity contribution in [2.75, 3.05) is 24.7 Å². The third-order valence-corrected chi connectivity index (χ3v) is 5.39. The number of halogens is 1. The van der Waals surface area contributed by atoms with E-state index in [0.29, 0.717) is 22.9 Å². The molecule has 3 rings (SSSR count). The molecule has 2 aromatic rings. The van der Waals surface area contributed by atoms with Crippen molar-refractivity contribution in [3.63, 3.8) is 0 Å². The van der Waals surface area contributed by atoms with Crippen LogP contribution in [0.25, 0.3) is 0 Å². The van der Waals surface area contributed by atoms with Crippen molar-refractivity contribution in [2.24, 2.45) is 5.92 Å². The molecule has 1 aliphatic heterocycles. The number of anilines is 1. The van der Waals surface area contributed by atoms with E-state index in [1.807, 2.05) is 24.3 Å². The lowest BCUT2D eigenvalue weighted by Gasteiger charge is -2.17.